The highest BCUT2D eigenvalue weighted by Gasteiger charge is 2.28. The van der Waals surface area contributed by atoms with Crippen LogP contribution in [0.3, 0.4) is 0 Å². The first-order chi connectivity index (χ1) is 11.5. The molecule has 4 nitrogen and oxygen atoms in total. The third kappa shape index (κ3) is 3.19. The molecule has 1 aliphatic rings. The SMILES string of the molecule is CNC(=O)c1c(NC(=O)c2cccc(F)c2)sc2c1CC[C@@H](C)C2. The fourth-order valence-electron chi connectivity index (χ4n) is 3.01. The molecule has 0 saturated heterocycles. The van der Waals surface area contributed by atoms with E-state index >= 15 is 0 Å². The zero-order valence-corrected chi connectivity index (χ0v) is 14.4. The van der Waals surface area contributed by atoms with Gasteiger partial charge in [0.15, 0.2) is 0 Å². The van der Waals surface area contributed by atoms with Crippen LogP contribution in [0.15, 0.2) is 24.3 Å². The number of thiophene rings is 1. The quantitative estimate of drug-likeness (QED) is 0.892. The van der Waals surface area contributed by atoms with E-state index in [1.165, 1.54) is 29.5 Å². The van der Waals surface area contributed by atoms with E-state index in [4.69, 9.17) is 0 Å². The molecule has 0 spiro atoms. The van der Waals surface area contributed by atoms with Crippen LogP contribution < -0.4 is 10.6 Å². The van der Waals surface area contributed by atoms with Crippen molar-refractivity contribution in [2.45, 2.75) is 26.2 Å². The standard InChI is InChI=1S/C18H19FN2O2S/c1-10-6-7-13-14(8-10)24-18(15(13)17(23)20-2)21-16(22)11-4-3-5-12(19)9-11/h3-5,9-10H,6-8H2,1-2H3,(H,20,23)(H,21,22)/t10-/m1/s1. The maximum absolute atomic E-state index is 13.3. The minimum absolute atomic E-state index is 0.198. The van der Waals surface area contributed by atoms with Crippen LogP contribution in [-0.2, 0) is 12.8 Å². The number of benzene rings is 1. The molecule has 126 valence electrons. The number of carbonyl (C=O) groups is 2. The first kappa shape index (κ1) is 16.6. The van der Waals surface area contributed by atoms with E-state index in [1.807, 2.05) is 0 Å². The molecule has 0 bridgehead atoms. The molecular weight excluding hydrogens is 327 g/mol. The van der Waals surface area contributed by atoms with Crippen molar-refractivity contribution < 1.29 is 14.0 Å². The average Bonchev–Trinajstić information content (AvgIpc) is 2.90. The van der Waals surface area contributed by atoms with Crippen molar-refractivity contribution in [3.63, 3.8) is 0 Å². The first-order valence-electron chi connectivity index (χ1n) is 7.93. The molecule has 0 unspecified atom stereocenters. The van der Waals surface area contributed by atoms with Crippen molar-refractivity contribution in [2.75, 3.05) is 12.4 Å². The summed E-state index contributed by atoms with van der Waals surface area (Å²) in [5.41, 5.74) is 1.82. The Kier molecular flexibility index (Phi) is 4.66. The molecule has 1 atom stereocenters. The summed E-state index contributed by atoms with van der Waals surface area (Å²) in [6.45, 7) is 2.19. The lowest BCUT2D eigenvalue weighted by atomic mass is 9.88. The van der Waals surface area contributed by atoms with Gasteiger partial charge in [-0.15, -0.1) is 11.3 Å². The summed E-state index contributed by atoms with van der Waals surface area (Å²) in [6, 6.07) is 5.51. The molecule has 24 heavy (non-hydrogen) atoms. The number of rotatable bonds is 3. The van der Waals surface area contributed by atoms with Crippen molar-refractivity contribution in [3.05, 3.63) is 51.7 Å². The molecule has 2 amide bonds. The molecule has 0 aliphatic heterocycles. The molecule has 1 aromatic carbocycles. The van der Waals surface area contributed by atoms with Gasteiger partial charge in [0, 0.05) is 17.5 Å². The van der Waals surface area contributed by atoms with Crippen LogP contribution >= 0.6 is 11.3 Å². The highest BCUT2D eigenvalue weighted by Crippen LogP contribution is 2.39. The monoisotopic (exact) mass is 346 g/mol. The average molecular weight is 346 g/mol. The van der Waals surface area contributed by atoms with Crippen LogP contribution in [0.1, 0.15) is 44.5 Å². The van der Waals surface area contributed by atoms with Gasteiger partial charge in [-0.25, -0.2) is 4.39 Å². The van der Waals surface area contributed by atoms with E-state index in [2.05, 4.69) is 17.6 Å². The predicted octanol–water partition coefficient (Wildman–Crippen LogP) is 3.62. The van der Waals surface area contributed by atoms with Gasteiger partial charge < -0.3 is 10.6 Å². The normalized spacial score (nSPS) is 16.4. The Balaban J connectivity index is 1.95. The van der Waals surface area contributed by atoms with Crippen LogP contribution in [0, 0.1) is 11.7 Å². The van der Waals surface area contributed by atoms with Gasteiger partial charge in [-0.3, -0.25) is 9.59 Å². The number of amides is 2. The molecule has 2 aromatic rings. The lowest BCUT2D eigenvalue weighted by Gasteiger charge is -2.18. The van der Waals surface area contributed by atoms with Crippen LogP contribution in [0.5, 0.6) is 0 Å². The lowest BCUT2D eigenvalue weighted by molar-refractivity contribution is 0.0963. The number of fused-ring (bicyclic) bond motifs is 1. The minimum Gasteiger partial charge on any atom is -0.355 e. The van der Waals surface area contributed by atoms with E-state index in [1.54, 1.807) is 13.1 Å². The maximum Gasteiger partial charge on any atom is 0.256 e. The second kappa shape index (κ2) is 6.73. The molecule has 1 heterocycles. The summed E-state index contributed by atoms with van der Waals surface area (Å²) in [6.07, 6.45) is 2.79. The van der Waals surface area contributed by atoms with E-state index in [0.29, 0.717) is 16.5 Å². The van der Waals surface area contributed by atoms with E-state index in [0.717, 1.165) is 29.7 Å². The molecule has 0 saturated carbocycles. The van der Waals surface area contributed by atoms with Crippen LogP contribution in [0.2, 0.25) is 0 Å². The topological polar surface area (TPSA) is 58.2 Å². The van der Waals surface area contributed by atoms with E-state index < -0.39 is 11.7 Å². The Bertz CT molecular complexity index is 800. The number of halogens is 1. The number of hydrogen-bond donors (Lipinski definition) is 2. The van der Waals surface area contributed by atoms with Gasteiger partial charge in [0.2, 0.25) is 0 Å². The van der Waals surface area contributed by atoms with Gasteiger partial charge in [-0.05, 0) is 48.9 Å². The second-order valence-corrected chi connectivity index (χ2v) is 7.20. The summed E-state index contributed by atoms with van der Waals surface area (Å²) in [5, 5.41) is 5.99. The Hall–Kier alpha value is -2.21. The smallest absolute Gasteiger partial charge is 0.256 e. The third-order valence-corrected chi connectivity index (χ3v) is 5.45. The van der Waals surface area contributed by atoms with Crippen molar-refractivity contribution in [3.8, 4) is 0 Å². The zero-order chi connectivity index (χ0) is 17.3. The first-order valence-corrected chi connectivity index (χ1v) is 8.74. The largest absolute Gasteiger partial charge is 0.355 e. The van der Waals surface area contributed by atoms with Crippen molar-refractivity contribution in [1.82, 2.24) is 5.32 Å². The van der Waals surface area contributed by atoms with Gasteiger partial charge in [0.05, 0.1) is 5.56 Å². The van der Waals surface area contributed by atoms with E-state index in [9.17, 15) is 14.0 Å². The van der Waals surface area contributed by atoms with Gasteiger partial charge >= 0.3 is 0 Å². The van der Waals surface area contributed by atoms with Crippen molar-refractivity contribution >= 4 is 28.2 Å². The second-order valence-electron chi connectivity index (χ2n) is 6.10. The maximum atomic E-state index is 13.3. The summed E-state index contributed by atoms with van der Waals surface area (Å²) < 4.78 is 13.3. The number of anilines is 1. The molecule has 6 heteroatoms. The molecule has 3 rings (SSSR count). The van der Waals surface area contributed by atoms with Gasteiger partial charge in [0.1, 0.15) is 10.8 Å². The van der Waals surface area contributed by atoms with Gasteiger partial charge in [-0.2, -0.15) is 0 Å². The fourth-order valence-corrected chi connectivity index (χ4v) is 4.41. The van der Waals surface area contributed by atoms with Gasteiger partial charge in [0.25, 0.3) is 11.8 Å². The van der Waals surface area contributed by atoms with Crippen LogP contribution in [-0.4, -0.2) is 18.9 Å². The molecule has 1 aromatic heterocycles. The van der Waals surface area contributed by atoms with Gasteiger partial charge in [-0.1, -0.05) is 13.0 Å². The Morgan fingerprint density at radius 1 is 1.29 bits per heavy atom. The fraction of sp³-hybridized carbons (Fsp3) is 0.333. The van der Waals surface area contributed by atoms with E-state index in [-0.39, 0.29) is 11.5 Å². The Labute approximate surface area is 144 Å². The Morgan fingerprint density at radius 3 is 2.79 bits per heavy atom. The number of carbonyl (C=O) groups excluding carboxylic acids is 2. The molecule has 0 fully saturated rings. The minimum atomic E-state index is -0.464. The lowest BCUT2D eigenvalue weighted by Crippen LogP contribution is -2.22. The highest BCUT2D eigenvalue weighted by atomic mass is 32.1. The highest BCUT2D eigenvalue weighted by molar-refractivity contribution is 7.17. The zero-order valence-electron chi connectivity index (χ0n) is 13.6. The number of hydrogen-bond acceptors (Lipinski definition) is 3. The summed E-state index contributed by atoms with van der Waals surface area (Å²) in [7, 11) is 1.58. The third-order valence-electron chi connectivity index (χ3n) is 4.28. The van der Waals surface area contributed by atoms with Crippen molar-refractivity contribution in [1.29, 1.82) is 0 Å². The number of nitrogens with one attached hydrogen (secondary N) is 2. The summed E-state index contributed by atoms with van der Waals surface area (Å²) in [5.74, 6) is -0.503. The summed E-state index contributed by atoms with van der Waals surface area (Å²) in [4.78, 5) is 25.9. The Morgan fingerprint density at radius 2 is 2.08 bits per heavy atom. The van der Waals surface area contributed by atoms with Crippen LogP contribution in [0.25, 0.3) is 0 Å². The van der Waals surface area contributed by atoms with Crippen LogP contribution in [0.4, 0.5) is 9.39 Å². The van der Waals surface area contributed by atoms with Crippen molar-refractivity contribution in [2.24, 2.45) is 5.92 Å². The molecule has 0 radical (unpaired) electrons. The molecule has 1 aliphatic carbocycles. The molecular formula is C18H19FN2O2S. The molecule has 2 N–H and O–H groups in total. The predicted molar refractivity (Wildman–Crippen MR) is 93.3 cm³/mol. The summed E-state index contributed by atoms with van der Waals surface area (Å²) >= 11 is 1.45.